The quantitative estimate of drug-likeness (QED) is 0.400. The third-order valence-corrected chi connectivity index (χ3v) is 6.19. The summed E-state index contributed by atoms with van der Waals surface area (Å²) in [5, 5.41) is 3.87. The van der Waals surface area contributed by atoms with Crippen molar-refractivity contribution < 1.29 is 9.53 Å². The number of anilines is 2. The van der Waals surface area contributed by atoms with Crippen LogP contribution in [0.25, 0.3) is 0 Å². The molecular formula is C24H28Cl2N6O4. The highest BCUT2D eigenvalue weighted by molar-refractivity contribution is 6.32. The first kappa shape index (κ1) is 27.4. The van der Waals surface area contributed by atoms with Gasteiger partial charge in [0.25, 0.3) is 0 Å². The van der Waals surface area contributed by atoms with Crippen molar-refractivity contribution in [1.29, 1.82) is 0 Å². The zero-order valence-corrected chi connectivity index (χ0v) is 21.5. The molecule has 0 spiro atoms. The van der Waals surface area contributed by atoms with Gasteiger partial charge in [-0.3, -0.25) is 4.57 Å². The fraction of sp³-hybridized carbons (Fsp3) is 0.375. The van der Waals surface area contributed by atoms with Gasteiger partial charge in [0.2, 0.25) is 11.8 Å². The molecule has 1 aromatic carbocycles. The molecule has 0 atom stereocenters. The van der Waals surface area contributed by atoms with Crippen molar-refractivity contribution in [1.82, 2.24) is 19.1 Å². The van der Waals surface area contributed by atoms with Crippen molar-refractivity contribution in [3.05, 3.63) is 73.1 Å². The van der Waals surface area contributed by atoms with Crippen molar-refractivity contribution >= 4 is 41.1 Å². The summed E-state index contributed by atoms with van der Waals surface area (Å²) in [4.78, 5) is 44.4. The lowest BCUT2D eigenvalue weighted by Crippen LogP contribution is -2.42. The number of carbonyl (C=O) groups is 1. The van der Waals surface area contributed by atoms with Gasteiger partial charge in [-0.2, -0.15) is 4.98 Å². The predicted octanol–water partition coefficient (Wildman–Crippen LogP) is 3.04. The minimum atomic E-state index is -0.647. The molecule has 2 heterocycles. The lowest BCUT2D eigenvalue weighted by molar-refractivity contribution is -0.116. The largest absolute Gasteiger partial charge is 0.473 e. The van der Waals surface area contributed by atoms with Crippen LogP contribution in [0.2, 0.25) is 10.0 Å². The van der Waals surface area contributed by atoms with Crippen LogP contribution in [0.4, 0.5) is 11.6 Å². The summed E-state index contributed by atoms with van der Waals surface area (Å²) in [6.45, 7) is 2.21. The zero-order chi connectivity index (χ0) is 26.2. The van der Waals surface area contributed by atoms with Crippen LogP contribution in [0.1, 0.15) is 25.3 Å². The van der Waals surface area contributed by atoms with E-state index in [2.05, 4.69) is 21.0 Å². The molecule has 1 fully saturated rings. The smallest absolute Gasteiger partial charge is 0.354 e. The second-order valence-electron chi connectivity index (χ2n) is 8.02. The Balaban J connectivity index is 0.00000176. The third kappa shape index (κ3) is 6.51. The molecule has 0 bridgehead atoms. The number of nitrogens with one attached hydrogen (secondary N) is 1. The van der Waals surface area contributed by atoms with E-state index >= 15 is 0 Å². The van der Waals surface area contributed by atoms with Gasteiger partial charge in [0.1, 0.15) is 17.4 Å². The number of aryl methyl sites for hydroxylation is 1. The van der Waals surface area contributed by atoms with Crippen LogP contribution in [-0.2, 0) is 24.3 Å². The van der Waals surface area contributed by atoms with E-state index in [1.165, 1.54) is 17.8 Å². The molecule has 0 radical (unpaired) electrons. The Labute approximate surface area is 218 Å². The average molecular weight is 535 g/mol. The maximum absolute atomic E-state index is 13.0. The lowest BCUT2D eigenvalue weighted by Gasteiger charge is -2.31. The topological polar surface area (TPSA) is 134 Å². The molecule has 3 N–H and O–H groups in total. The normalized spacial score (nSPS) is 16.4. The Morgan fingerprint density at radius 3 is 2.47 bits per heavy atom. The number of rotatable bonds is 9. The average Bonchev–Trinajstić information content (AvgIpc) is 2.84. The Morgan fingerprint density at radius 1 is 1.17 bits per heavy atom. The summed E-state index contributed by atoms with van der Waals surface area (Å²) >= 11 is 12.3. The van der Waals surface area contributed by atoms with Gasteiger partial charge >= 0.3 is 11.4 Å². The number of nitrogens with zero attached hydrogens (tertiary/aromatic N) is 4. The maximum atomic E-state index is 13.0. The monoisotopic (exact) mass is 534 g/mol. The van der Waals surface area contributed by atoms with E-state index in [4.69, 9.17) is 27.9 Å². The van der Waals surface area contributed by atoms with E-state index < -0.39 is 11.4 Å². The predicted molar refractivity (Wildman–Crippen MR) is 139 cm³/mol. The van der Waals surface area contributed by atoms with Crippen LogP contribution in [0.15, 0.2) is 46.1 Å². The van der Waals surface area contributed by atoms with E-state index in [0.29, 0.717) is 30.0 Å². The van der Waals surface area contributed by atoms with Gasteiger partial charge in [0.15, 0.2) is 0 Å². The van der Waals surface area contributed by atoms with Crippen LogP contribution >= 0.6 is 23.2 Å². The molecule has 2 aromatic heterocycles. The number of ether oxygens (including phenoxy) is 1. The maximum Gasteiger partial charge on any atom is 0.354 e. The number of hydrogen-bond donors (Lipinski definition) is 2. The number of pyridine rings is 1. The second-order valence-corrected chi connectivity index (χ2v) is 8.86. The SMILES string of the molecule is CCn1c(=O)nc(Nc2cnc(OC3CC(C=O)C3)c(Cl)c2)n(CCc2ccc(Cl)cc2)c1=O.CN. The fourth-order valence-corrected chi connectivity index (χ4v) is 4.01. The van der Waals surface area contributed by atoms with Crippen molar-refractivity contribution in [2.24, 2.45) is 11.7 Å². The van der Waals surface area contributed by atoms with Gasteiger partial charge in [0.05, 0.1) is 11.9 Å². The highest BCUT2D eigenvalue weighted by Gasteiger charge is 2.31. The summed E-state index contributed by atoms with van der Waals surface area (Å²) in [6, 6.07) is 8.91. The lowest BCUT2D eigenvalue weighted by atomic mass is 9.83. The first-order valence-electron chi connectivity index (χ1n) is 11.5. The minimum absolute atomic E-state index is 0.0191. The molecule has 1 saturated carbocycles. The number of hydrogen-bond acceptors (Lipinski definition) is 8. The molecule has 0 amide bonds. The Bertz CT molecular complexity index is 1300. The zero-order valence-electron chi connectivity index (χ0n) is 20.0. The van der Waals surface area contributed by atoms with E-state index in [9.17, 15) is 14.4 Å². The van der Waals surface area contributed by atoms with Crippen LogP contribution in [-0.4, -0.2) is 38.5 Å². The second kappa shape index (κ2) is 12.7. The van der Waals surface area contributed by atoms with Gasteiger partial charge in [-0.25, -0.2) is 19.1 Å². The number of aromatic nitrogens is 4. The van der Waals surface area contributed by atoms with E-state index in [0.717, 1.165) is 16.4 Å². The highest BCUT2D eigenvalue weighted by atomic mass is 35.5. The van der Waals surface area contributed by atoms with Gasteiger partial charge in [-0.15, -0.1) is 0 Å². The minimum Gasteiger partial charge on any atom is -0.473 e. The van der Waals surface area contributed by atoms with E-state index in [-0.39, 0.29) is 42.0 Å². The van der Waals surface area contributed by atoms with Gasteiger partial charge in [0, 0.05) is 24.0 Å². The van der Waals surface area contributed by atoms with Gasteiger partial charge < -0.3 is 20.6 Å². The molecule has 0 unspecified atom stereocenters. The summed E-state index contributed by atoms with van der Waals surface area (Å²) in [7, 11) is 1.50. The third-order valence-electron chi connectivity index (χ3n) is 5.67. The molecule has 0 aliphatic heterocycles. The molecule has 10 nitrogen and oxygen atoms in total. The molecule has 1 aliphatic rings. The van der Waals surface area contributed by atoms with Crippen molar-refractivity contribution in [3.8, 4) is 5.88 Å². The summed E-state index contributed by atoms with van der Waals surface area (Å²) < 4.78 is 8.22. The highest BCUT2D eigenvalue weighted by Crippen LogP contribution is 2.33. The number of benzene rings is 1. The first-order valence-corrected chi connectivity index (χ1v) is 12.2. The van der Waals surface area contributed by atoms with E-state index in [1.54, 1.807) is 25.1 Å². The van der Waals surface area contributed by atoms with Crippen LogP contribution < -0.4 is 27.2 Å². The number of carbonyl (C=O) groups excluding carboxylic acids is 1. The fourth-order valence-electron chi connectivity index (χ4n) is 3.67. The van der Waals surface area contributed by atoms with Crippen molar-refractivity contribution in [2.75, 3.05) is 12.4 Å². The van der Waals surface area contributed by atoms with Crippen molar-refractivity contribution in [2.45, 2.75) is 45.4 Å². The van der Waals surface area contributed by atoms with Crippen molar-refractivity contribution in [3.63, 3.8) is 0 Å². The summed E-state index contributed by atoms with van der Waals surface area (Å²) in [5.41, 5.74) is 4.81. The molecule has 12 heteroatoms. The van der Waals surface area contributed by atoms with Crippen LogP contribution in [0.3, 0.4) is 0 Å². The van der Waals surface area contributed by atoms with E-state index in [1.807, 2.05) is 12.1 Å². The summed E-state index contributed by atoms with van der Waals surface area (Å²) in [5.74, 6) is 0.370. The molecule has 1 aliphatic carbocycles. The number of halogens is 2. The Kier molecular flexibility index (Phi) is 9.63. The Morgan fingerprint density at radius 2 is 1.86 bits per heavy atom. The summed E-state index contributed by atoms with van der Waals surface area (Å²) in [6.07, 6.45) is 4.12. The molecule has 4 rings (SSSR count). The van der Waals surface area contributed by atoms with Gasteiger partial charge in [-0.1, -0.05) is 35.3 Å². The molecule has 192 valence electrons. The first-order chi connectivity index (χ1) is 17.4. The molecular weight excluding hydrogens is 507 g/mol. The molecule has 0 saturated heterocycles. The Hall–Kier alpha value is -3.21. The van der Waals surface area contributed by atoms with Crippen LogP contribution in [0.5, 0.6) is 5.88 Å². The van der Waals surface area contributed by atoms with Gasteiger partial charge in [-0.05, 0) is 57.0 Å². The number of nitrogens with two attached hydrogens (primary N) is 1. The van der Waals surface area contributed by atoms with Crippen LogP contribution in [0, 0.1) is 5.92 Å². The molecule has 36 heavy (non-hydrogen) atoms. The number of aldehydes is 1. The standard InChI is InChI=1S/C23H23Cl2N5O4.CH5N/c1-2-29-22(32)28-21(30(23(29)33)8-7-14-3-5-16(24)6-4-14)27-17-11-19(25)20(26-12-17)34-18-9-15(10-18)13-31;1-2/h3-6,11-13,15,18H,2,7-10H2,1H3,(H,27,28,32);2H2,1H3. The molecule has 3 aromatic rings.